The molecule has 0 bridgehead atoms. The van der Waals surface area contributed by atoms with Gasteiger partial charge in [-0.3, -0.25) is 0 Å². The molecule has 1 atom stereocenters. The van der Waals surface area contributed by atoms with Gasteiger partial charge in [-0.25, -0.2) is 0 Å². The van der Waals surface area contributed by atoms with Crippen molar-refractivity contribution in [3.8, 4) is 6.13 Å². The Balaban J connectivity index is 0. The van der Waals surface area contributed by atoms with Crippen molar-refractivity contribution in [1.82, 2.24) is 4.90 Å². The Kier molecular flexibility index (Phi) is 22.2. The van der Waals surface area contributed by atoms with Crippen molar-refractivity contribution in [1.29, 1.82) is 0 Å². The molecule has 0 N–H and O–H groups in total. The van der Waals surface area contributed by atoms with Gasteiger partial charge in [0.05, 0.1) is 0 Å². The molecule has 0 amide bonds. The number of allylic oxidation sites excluding steroid dienone is 1. The van der Waals surface area contributed by atoms with E-state index < -0.39 is 0 Å². The Morgan fingerprint density at radius 1 is 1.03 bits per heavy atom. The van der Waals surface area contributed by atoms with Crippen molar-refractivity contribution >= 4 is 13.6 Å². The summed E-state index contributed by atoms with van der Waals surface area (Å²) < 4.78 is 0. The SMILES string of the molecule is C#[P+]C.C/C=C(/CCN(C)C)c1cc(CC)ccc1C.CC.CCCC(C)c1ccc(C)cc1. The molecule has 2 heteroatoms. The maximum Gasteiger partial charge on any atom is 0.00158 e. The van der Waals surface area contributed by atoms with Crippen LogP contribution in [0.2, 0.25) is 0 Å². The summed E-state index contributed by atoms with van der Waals surface area (Å²) in [6.45, 7) is 20.2. The minimum Gasteiger partial charge on any atom is -0.309 e. The van der Waals surface area contributed by atoms with Gasteiger partial charge in [-0.05, 0) is 87.9 Å². The van der Waals surface area contributed by atoms with Gasteiger partial charge in [0.25, 0.3) is 0 Å². The van der Waals surface area contributed by atoms with Crippen LogP contribution in [0.5, 0.6) is 0 Å². The summed E-state index contributed by atoms with van der Waals surface area (Å²) in [6, 6.07) is 15.7. The number of benzene rings is 2. The molecule has 0 heterocycles. The van der Waals surface area contributed by atoms with E-state index in [1.165, 1.54) is 46.2 Å². The largest absolute Gasteiger partial charge is 0.309 e. The number of rotatable bonds is 8. The van der Waals surface area contributed by atoms with E-state index in [1.807, 2.05) is 20.5 Å². The van der Waals surface area contributed by atoms with Crippen molar-refractivity contribution < 1.29 is 0 Å². The van der Waals surface area contributed by atoms with Crippen LogP contribution in [0.4, 0.5) is 0 Å². The van der Waals surface area contributed by atoms with Crippen LogP contribution >= 0.6 is 8.04 Å². The third-order valence-electron chi connectivity index (χ3n) is 5.60. The van der Waals surface area contributed by atoms with Gasteiger partial charge in [-0.15, -0.1) is 0 Å². The summed E-state index contributed by atoms with van der Waals surface area (Å²) in [5, 5.41) is 0. The fraction of sp³-hybridized carbons (Fsp3) is 0.531. The molecule has 0 aliphatic heterocycles. The van der Waals surface area contributed by atoms with Gasteiger partial charge in [0.2, 0.25) is 0 Å². The second-order valence-electron chi connectivity index (χ2n) is 8.73. The fourth-order valence-corrected chi connectivity index (χ4v) is 3.51. The van der Waals surface area contributed by atoms with Gasteiger partial charge < -0.3 is 4.90 Å². The van der Waals surface area contributed by atoms with E-state index in [9.17, 15) is 0 Å². The number of hydrogen-bond donors (Lipinski definition) is 0. The molecule has 34 heavy (non-hydrogen) atoms. The molecule has 0 aliphatic rings. The van der Waals surface area contributed by atoms with Gasteiger partial charge in [-0.2, -0.15) is 0 Å². The molecule has 0 aliphatic carbocycles. The van der Waals surface area contributed by atoms with Crippen molar-refractivity contribution in [2.24, 2.45) is 0 Å². The Morgan fingerprint density at radius 2 is 1.59 bits per heavy atom. The summed E-state index contributed by atoms with van der Waals surface area (Å²) in [7, 11) is 5.17. The maximum absolute atomic E-state index is 4.82. The van der Waals surface area contributed by atoms with Crippen LogP contribution in [-0.4, -0.2) is 32.2 Å². The molecule has 1 unspecified atom stereocenters. The predicted molar refractivity (Wildman–Crippen MR) is 161 cm³/mol. The summed E-state index contributed by atoms with van der Waals surface area (Å²) in [5.74, 6) is 0.718. The van der Waals surface area contributed by atoms with Crippen LogP contribution in [0.1, 0.15) is 94.5 Å². The van der Waals surface area contributed by atoms with Gasteiger partial charge >= 0.3 is 20.8 Å². The molecule has 0 aromatic heterocycles. The molecule has 0 saturated carbocycles. The minimum absolute atomic E-state index is 0.718. The van der Waals surface area contributed by atoms with Crippen LogP contribution in [0.3, 0.4) is 0 Å². The second kappa shape index (κ2) is 21.9. The molecule has 0 spiro atoms. The summed E-state index contributed by atoms with van der Waals surface area (Å²) >= 11 is 0. The topological polar surface area (TPSA) is 3.24 Å². The van der Waals surface area contributed by atoms with Crippen LogP contribution in [0.15, 0.2) is 48.5 Å². The molecular weight excluding hydrogens is 429 g/mol. The smallest absolute Gasteiger partial charge is 0.00158 e. The van der Waals surface area contributed by atoms with Crippen LogP contribution < -0.4 is 0 Å². The Bertz CT molecular complexity index is 825. The number of nitrogens with zero attached hydrogens (tertiary/aromatic N) is 1. The predicted octanol–water partition coefficient (Wildman–Crippen LogP) is 9.99. The average molecular weight is 483 g/mol. The normalized spacial score (nSPS) is 11.2. The first-order valence-corrected chi connectivity index (χ1v) is 14.4. The van der Waals surface area contributed by atoms with Gasteiger partial charge in [0.15, 0.2) is 0 Å². The van der Waals surface area contributed by atoms with Gasteiger partial charge in [0.1, 0.15) is 0 Å². The van der Waals surface area contributed by atoms with Gasteiger partial charge in [-0.1, -0.05) is 95.1 Å². The standard InChI is InChI=1S/C16H25N.C12H18.C2H4P.C2H6/c1-6-14-9-8-13(3)16(12-14)15(7-2)10-11-17(4)5;1-4-5-11(3)12-8-6-10(2)7-9-12;1-3-2;1-2/h7-9,12H,6,10-11H2,1-5H3;6-9,11H,4-5H2,1-3H3;1H,2H3;1-2H3/q;;+1;/b15-7-;;;. The van der Waals surface area contributed by atoms with E-state index in [0.717, 1.165) is 33.3 Å². The quantitative estimate of drug-likeness (QED) is 0.338. The first-order valence-electron chi connectivity index (χ1n) is 13.0. The Labute approximate surface area is 215 Å². The second-order valence-corrected chi connectivity index (χ2v) is 9.25. The molecule has 2 aromatic rings. The first kappa shape index (κ1) is 34.5. The van der Waals surface area contributed by atoms with Crippen molar-refractivity contribution in [3.05, 3.63) is 76.4 Å². The average Bonchev–Trinajstić information content (AvgIpc) is 2.83. The zero-order chi connectivity index (χ0) is 26.5. The third kappa shape index (κ3) is 15.3. The number of aryl methyl sites for hydroxylation is 3. The fourth-order valence-electron chi connectivity index (χ4n) is 3.51. The van der Waals surface area contributed by atoms with Crippen molar-refractivity contribution in [2.75, 3.05) is 27.3 Å². The van der Waals surface area contributed by atoms with E-state index >= 15 is 0 Å². The van der Waals surface area contributed by atoms with Crippen LogP contribution in [-0.2, 0) is 6.42 Å². The maximum atomic E-state index is 4.82. The third-order valence-corrected chi connectivity index (χ3v) is 5.60. The minimum atomic E-state index is 0.718. The zero-order valence-electron chi connectivity index (χ0n) is 24.2. The van der Waals surface area contributed by atoms with Gasteiger partial charge in [0, 0.05) is 6.54 Å². The summed E-state index contributed by atoms with van der Waals surface area (Å²) in [6.07, 6.45) is 11.9. The Morgan fingerprint density at radius 3 is 2.03 bits per heavy atom. The van der Waals surface area contributed by atoms with Crippen molar-refractivity contribution in [2.45, 2.75) is 87.0 Å². The van der Waals surface area contributed by atoms with E-state index in [4.69, 9.17) is 6.13 Å². The summed E-state index contributed by atoms with van der Waals surface area (Å²) in [5.41, 5.74) is 8.52. The summed E-state index contributed by atoms with van der Waals surface area (Å²) in [4.78, 5) is 2.24. The molecule has 2 aromatic carbocycles. The Hall–Kier alpha value is -1.65. The van der Waals surface area contributed by atoms with E-state index in [-0.39, 0.29) is 0 Å². The van der Waals surface area contributed by atoms with Crippen LogP contribution in [0.25, 0.3) is 5.57 Å². The number of hydrogen-bond acceptors (Lipinski definition) is 1. The van der Waals surface area contributed by atoms with Crippen molar-refractivity contribution in [3.63, 3.8) is 0 Å². The molecule has 1 nitrogen and oxygen atoms in total. The van der Waals surface area contributed by atoms with Crippen LogP contribution in [0, 0.1) is 20.0 Å². The first-order chi connectivity index (χ1) is 16.2. The molecule has 2 rings (SSSR count). The van der Waals surface area contributed by atoms with E-state index in [1.54, 1.807) is 0 Å². The molecule has 0 radical (unpaired) electrons. The monoisotopic (exact) mass is 482 g/mol. The zero-order valence-corrected chi connectivity index (χ0v) is 25.1. The van der Waals surface area contributed by atoms with E-state index in [0.29, 0.717) is 0 Å². The molecular formula is C32H53NP+. The molecule has 0 saturated heterocycles. The molecule has 190 valence electrons. The molecule has 0 fully saturated rings. The van der Waals surface area contributed by atoms with E-state index in [2.05, 4.69) is 109 Å².